The van der Waals surface area contributed by atoms with Gasteiger partial charge in [0.1, 0.15) is 18.3 Å². The molecule has 11 nitrogen and oxygen atoms in total. The Morgan fingerprint density at radius 2 is 1.63 bits per heavy atom. The monoisotopic (exact) mass is 774 g/mol. The molecule has 2 amide bonds. The maximum Gasteiger partial charge on any atom is 0.273 e. The van der Waals surface area contributed by atoms with Crippen LogP contribution in [0.15, 0.2) is 89.8 Å². The number of carbonyl (C=O) groups is 2. The van der Waals surface area contributed by atoms with Crippen LogP contribution in [0.3, 0.4) is 0 Å². The molecule has 0 saturated carbocycles. The van der Waals surface area contributed by atoms with Gasteiger partial charge >= 0.3 is 0 Å². The van der Waals surface area contributed by atoms with Gasteiger partial charge in [0.15, 0.2) is 0 Å². The van der Waals surface area contributed by atoms with Crippen LogP contribution in [0.2, 0.25) is 15.1 Å². The molecule has 51 heavy (non-hydrogen) atoms. The van der Waals surface area contributed by atoms with Gasteiger partial charge in [0.25, 0.3) is 15.7 Å². The van der Waals surface area contributed by atoms with Crippen LogP contribution in [0.25, 0.3) is 0 Å². The summed E-state index contributed by atoms with van der Waals surface area (Å²) in [5.41, 5.74) is 0.908. The van der Waals surface area contributed by atoms with Gasteiger partial charge in [-0.25, -0.2) is 8.42 Å². The number of nitro benzene ring substituents is 1. The van der Waals surface area contributed by atoms with E-state index in [4.69, 9.17) is 39.5 Å². The zero-order chi connectivity index (χ0) is 37.5. The summed E-state index contributed by atoms with van der Waals surface area (Å²) >= 11 is 19.1. The summed E-state index contributed by atoms with van der Waals surface area (Å²) in [6, 6.07) is 20.1. The number of anilines is 1. The molecule has 270 valence electrons. The van der Waals surface area contributed by atoms with Crippen molar-refractivity contribution in [3.63, 3.8) is 0 Å². The highest BCUT2D eigenvalue weighted by Crippen LogP contribution is 2.36. The molecule has 0 unspecified atom stereocenters. The van der Waals surface area contributed by atoms with E-state index in [0.29, 0.717) is 17.0 Å². The first-order chi connectivity index (χ1) is 24.2. The van der Waals surface area contributed by atoms with Crippen LogP contribution in [-0.4, -0.2) is 55.8 Å². The second kappa shape index (κ2) is 17.2. The van der Waals surface area contributed by atoms with Crippen molar-refractivity contribution < 1.29 is 27.7 Å². The quantitative estimate of drug-likeness (QED) is 0.0969. The van der Waals surface area contributed by atoms with Crippen LogP contribution in [0.1, 0.15) is 37.0 Å². The molecule has 4 aromatic carbocycles. The molecule has 0 saturated heterocycles. The second-order valence-corrected chi connectivity index (χ2v) is 15.0. The molecule has 0 heterocycles. The fourth-order valence-corrected chi connectivity index (χ4v) is 7.35. The number of carbonyl (C=O) groups excluding carboxylic acids is 2. The summed E-state index contributed by atoms with van der Waals surface area (Å²) < 4.78 is 35.3. The third kappa shape index (κ3) is 9.70. The number of amides is 2. The molecular formula is C36H37Cl3N4O7S. The number of nitrogens with one attached hydrogen (secondary N) is 1. The first-order valence-electron chi connectivity index (χ1n) is 15.8. The highest BCUT2D eigenvalue weighted by atomic mass is 35.5. The van der Waals surface area contributed by atoms with E-state index in [1.54, 1.807) is 12.1 Å². The SMILES string of the molecule is CC[C@@H](C)NC(=O)[C@H](Cc1ccccc1)N(Cc1ccc(Cl)cc1Cl)C(=O)CN(c1cc(Cl)ccc1OC)S(=O)(=O)c1ccc(C)c([N+](=O)[O-])c1. The number of nitro groups is 1. The van der Waals surface area contributed by atoms with E-state index in [2.05, 4.69) is 5.32 Å². The maximum atomic E-state index is 14.8. The smallest absolute Gasteiger partial charge is 0.273 e. The molecular weight excluding hydrogens is 739 g/mol. The van der Waals surface area contributed by atoms with E-state index in [9.17, 15) is 28.1 Å². The van der Waals surface area contributed by atoms with Gasteiger partial charge < -0.3 is 15.0 Å². The minimum absolute atomic E-state index is 0.0556. The molecule has 0 aliphatic rings. The lowest BCUT2D eigenvalue weighted by Gasteiger charge is -2.34. The molecule has 0 radical (unpaired) electrons. The average Bonchev–Trinajstić information content (AvgIpc) is 3.09. The van der Waals surface area contributed by atoms with Crippen molar-refractivity contribution in [1.82, 2.24) is 10.2 Å². The molecule has 0 aromatic heterocycles. The third-order valence-corrected chi connectivity index (χ3v) is 10.9. The van der Waals surface area contributed by atoms with E-state index in [-0.39, 0.29) is 46.1 Å². The van der Waals surface area contributed by atoms with Gasteiger partial charge in [0.05, 0.1) is 22.6 Å². The van der Waals surface area contributed by atoms with Crippen LogP contribution in [0.5, 0.6) is 5.75 Å². The number of aryl methyl sites for hydroxylation is 1. The number of methoxy groups -OCH3 is 1. The van der Waals surface area contributed by atoms with Crippen molar-refractivity contribution in [1.29, 1.82) is 0 Å². The van der Waals surface area contributed by atoms with Gasteiger partial charge in [-0.2, -0.15) is 0 Å². The predicted octanol–water partition coefficient (Wildman–Crippen LogP) is 7.62. The van der Waals surface area contributed by atoms with Gasteiger partial charge in [0.2, 0.25) is 11.8 Å². The van der Waals surface area contributed by atoms with E-state index in [0.717, 1.165) is 15.9 Å². The van der Waals surface area contributed by atoms with Crippen molar-refractivity contribution in [2.75, 3.05) is 18.0 Å². The average molecular weight is 776 g/mol. The van der Waals surface area contributed by atoms with Gasteiger partial charge in [-0.3, -0.25) is 24.0 Å². The number of halogens is 3. The summed E-state index contributed by atoms with van der Waals surface area (Å²) in [7, 11) is -3.40. The Balaban J connectivity index is 1.92. The lowest BCUT2D eigenvalue weighted by atomic mass is 10.0. The fourth-order valence-electron chi connectivity index (χ4n) is 5.27. The minimum atomic E-state index is -4.72. The molecule has 4 rings (SSSR count). The Kier molecular flexibility index (Phi) is 13.3. The number of benzene rings is 4. The number of hydrogen-bond acceptors (Lipinski definition) is 7. The Morgan fingerprint density at radius 1 is 0.961 bits per heavy atom. The van der Waals surface area contributed by atoms with Gasteiger partial charge in [-0.05, 0) is 67.8 Å². The van der Waals surface area contributed by atoms with Crippen molar-refractivity contribution in [2.45, 2.75) is 57.1 Å². The zero-order valence-electron chi connectivity index (χ0n) is 28.3. The van der Waals surface area contributed by atoms with Crippen LogP contribution < -0.4 is 14.4 Å². The van der Waals surface area contributed by atoms with Crippen LogP contribution in [0.4, 0.5) is 11.4 Å². The van der Waals surface area contributed by atoms with E-state index < -0.39 is 49.9 Å². The van der Waals surface area contributed by atoms with Gasteiger partial charge in [-0.1, -0.05) is 84.2 Å². The Labute approximate surface area is 312 Å². The molecule has 0 fully saturated rings. The predicted molar refractivity (Wildman–Crippen MR) is 199 cm³/mol. The summed E-state index contributed by atoms with van der Waals surface area (Å²) in [5.74, 6) is -1.19. The van der Waals surface area contributed by atoms with E-state index >= 15 is 0 Å². The molecule has 0 spiro atoms. The molecule has 2 atom stereocenters. The zero-order valence-corrected chi connectivity index (χ0v) is 31.4. The molecule has 0 aliphatic carbocycles. The first kappa shape index (κ1) is 39.4. The Hall–Kier alpha value is -4.36. The normalized spacial score (nSPS) is 12.5. The number of ether oxygens (including phenoxy) is 1. The summed E-state index contributed by atoms with van der Waals surface area (Å²) in [6.45, 7) is 4.17. The standard InChI is InChI=1S/C36H37Cl3N4O7S/c1-5-24(3)40-36(45)33(17-25-9-7-6-8-10-25)41(21-26-12-13-27(37)18-30(26)39)35(44)22-42(32-19-28(38)14-16-34(32)50-4)51(48,49)29-15-11-23(2)31(20-29)43(46)47/h6-16,18-20,24,33H,5,17,21-22H2,1-4H3,(H,40,45)/t24-,33+/m1/s1. The van der Waals surface area contributed by atoms with Gasteiger partial charge in [-0.15, -0.1) is 0 Å². The summed E-state index contributed by atoms with van der Waals surface area (Å²) in [4.78, 5) is 40.8. The maximum absolute atomic E-state index is 14.8. The van der Waals surface area contributed by atoms with E-state index in [1.165, 1.54) is 55.3 Å². The molecule has 15 heteroatoms. The largest absolute Gasteiger partial charge is 0.495 e. The number of nitrogens with zero attached hydrogens (tertiary/aromatic N) is 3. The fraction of sp³-hybridized carbons (Fsp3) is 0.278. The Bertz CT molecular complexity index is 2020. The molecule has 0 aliphatic heterocycles. The second-order valence-electron chi connectivity index (χ2n) is 11.8. The van der Waals surface area contributed by atoms with Crippen LogP contribution >= 0.6 is 34.8 Å². The lowest BCUT2D eigenvalue weighted by Crippen LogP contribution is -2.54. The third-order valence-electron chi connectivity index (χ3n) is 8.28. The summed E-state index contributed by atoms with van der Waals surface area (Å²) in [5, 5.41) is 15.5. The number of rotatable bonds is 15. The van der Waals surface area contributed by atoms with Crippen LogP contribution in [0, 0.1) is 17.0 Å². The number of hydrogen-bond donors (Lipinski definition) is 1. The lowest BCUT2D eigenvalue weighted by molar-refractivity contribution is -0.385. The van der Waals surface area contributed by atoms with E-state index in [1.807, 2.05) is 44.2 Å². The topological polar surface area (TPSA) is 139 Å². The van der Waals surface area contributed by atoms with Gasteiger partial charge in [0, 0.05) is 45.7 Å². The molecule has 1 N–H and O–H groups in total. The summed E-state index contributed by atoms with van der Waals surface area (Å²) in [6.07, 6.45) is 0.696. The molecule has 0 bridgehead atoms. The van der Waals surface area contributed by atoms with Crippen molar-refractivity contribution in [2.24, 2.45) is 0 Å². The Morgan fingerprint density at radius 3 is 2.25 bits per heavy atom. The van der Waals surface area contributed by atoms with Crippen molar-refractivity contribution in [3.8, 4) is 5.75 Å². The minimum Gasteiger partial charge on any atom is -0.495 e. The number of sulfonamides is 1. The van der Waals surface area contributed by atoms with Crippen molar-refractivity contribution in [3.05, 3.63) is 127 Å². The van der Waals surface area contributed by atoms with Crippen LogP contribution in [-0.2, 0) is 32.6 Å². The highest BCUT2D eigenvalue weighted by Gasteiger charge is 2.37. The first-order valence-corrected chi connectivity index (χ1v) is 18.4. The van der Waals surface area contributed by atoms with Crippen molar-refractivity contribution >= 4 is 68.0 Å². The highest BCUT2D eigenvalue weighted by molar-refractivity contribution is 7.92. The molecule has 4 aromatic rings.